The third kappa shape index (κ3) is 4.97. The zero-order valence-corrected chi connectivity index (χ0v) is 16.1. The number of piperidine rings is 1. The largest absolute Gasteiger partial charge is 0.358 e. The molecular weight excluding hydrogens is 397 g/mol. The molecule has 0 aromatic heterocycles. The van der Waals surface area contributed by atoms with Crippen LogP contribution in [-0.4, -0.2) is 51.9 Å². The first-order valence-electron chi connectivity index (χ1n) is 7.32. The molecule has 0 spiro atoms. The summed E-state index contributed by atoms with van der Waals surface area (Å²) in [5, 5.41) is 2.80. The van der Waals surface area contributed by atoms with Gasteiger partial charge < -0.3 is 5.32 Å². The van der Waals surface area contributed by atoms with Crippen LogP contribution in [0.2, 0.25) is 15.1 Å². The minimum absolute atomic E-state index is 0.0166. The highest BCUT2D eigenvalue weighted by molar-refractivity contribution is 7.89. The second-order valence-electron chi connectivity index (χ2n) is 5.54. The van der Waals surface area contributed by atoms with E-state index in [-0.39, 0.29) is 31.9 Å². The topological polar surface area (TPSA) is 78.5 Å². The number of hydrogen-bond donors (Lipinski definition) is 2. The number of benzene rings is 1. The number of halogens is 3. The lowest BCUT2D eigenvalue weighted by Crippen LogP contribution is -2.47. The Morgan fingerprint density at radius 1 is 1.21 bits per heavy atom. The molecule has 0 bridgehead atoms. The standard InChI is InChI=1S/C14H18Cl3N3O3S/c1-18-13(21)8-20-4-2-10(3-5-20)19-24(22,23)14-11(16)6-9(15)7-12(14)17/h6-7,10,19H,2-5,8H2,1H3,(H,18,21). The fourth-order valence-electron chi connectivity index (χ4n) is 2.56. The molecule has 1 amide bonds. The number of nitrogens with one attached hydrogen (secondary N) is 2. The molecule has 0 unspecified atom stereocenters. The van der Waals surface area contributed by atoms with Gasteiger partial charge in [0.1, 0.15) is 4.90 Å². The van der Waals surface area contributed by atoms with Crippen LogP contribution in [0.3, 0.4) is 0 Å². The van der Waals surface area contributed by atoms with Crippen molar-refractivity contribution >= 4 is 50.7 Å². The summed E-state index contributed by atoms with van der Waals surface area (Å²) in [5.41, 5.74) is 0. The highest BCUT2D eigenvalue weighted by Gasteiger charge is 2.28. The molecule has 134 valence electrons. The van der Waals surface area contributed by atoms with Crippen LogP contribution >= 0.6 is 34.8 Å². The number of nitrogens with zero attached hydrogens (tertiary/aromatic N) is 1. The van der Waals surface area contributed by atoms with Gasteiger partial charge in [0.05, 0.1) is 16.6 Å². The smallest absolute Gasteiger partial charge is 0.243 e. The third-order valence-corrected chi connectivity index (χ3v) is 6.45. The van der Waals surface area contributed by atoms with Gasteiger partial charge in [0.15, 0.2) is 0 Å². The Bertz CT molecular complexity index is 696. The predicted molar refractivity (Wildman–Crippen MR) is 95.3 cm³/mol. The van der Waals surface area contributed by atoms with Gasteiger partial charge in [0.2, 0.25) is 15.9 Å². The van der Waals surface area contributed by atoms with E-state index in [4.69, 9.17) is 34.8 Å². The summed E-state index contributed by atoms with van der Waals surface area (Å²) in [6, 6.07) is 2.45. The molecule has 0 aliphatic carbocycles. The number of amides is 1. The van der Waals surface area contributed by atoms with Gasteiger partial charge in [-0.2, -0.15) is 0 Å². The van der Waals surface area contributed by atoms with Crippen LogP contribution in [0.15, 0.2) is 17.0 Å². The number of rotatable bonds is 5. The van der Waals surface area contributed by atoms with Gasteiger partial charge in [-0.05, 0) is 25.0 Å². The van der Waals surface area contributed by atoms with Crippen molar-refractivity contribution in [1.29, 1.82) is 0 Å². The summed E-state index contributed by atoms with van der Waals surface area (Å²) in [4.78, 5) is 13.2. The van der Waals surface area contributed by atoms with Crippen molar-refractivity contribution in [2.45, 2.75) is 23.8 Å². The van der Waals surface area contributed by atoms with Crippen LogP contribution in [-0.2, 0) is 14.8 Å². The Morgan fingerprint density at radius 3 is 2.25 bits per heavy atom. The lowest BCUT2D eigenvalue weighted by molar-refractivity contribution is -0.122. The number of carbonyl (C=O) groups excluding carboxylic acids is 1. The van der Waals surface area contributed by atoms with Crippen molar-refractivity contribution in [2.75, 3.05) is 26.7 Å². The molecule has 1 saturated heterocycles. The number of sulfonamides is 1. The van der Waals surface area contributed by atoms with Gasteiger partial charge in [-0.3, -0.25) is 9.69 Å². The van der Waals surface area contributed by atoms with Gasteiger partial charge in [0, 0.05) is 31.2 Å². The molecule has 0 radical (unpaired) electrons. The lowest BCUT2D eigenvalue weighted by Gasteiger charge is -2.31. The number of likely N-dealkylation sites (tertiary alicyclic amines) is 1. The van der Waals surface area contributed by atoms with Gasteiger partial charge in [0.25, 0.3) is 0 Å². The van der Waals surface area contributed by atoms with E-state index < -0.39 is 10.0 Å². The van der Waals surface area contributed by atoms with Crippen molar-refractivity contribution in [1.82, 2.24) is 14.9 Å². The van der Waals surface area contributed by atoms with Crippen LogP contribution < -0.4 is 10.0 Å². The van der Waals surface area contributed by atoms with Crippen molar-refractivity contribution in [3.05, 3.63) is 27.2 Å². The maximum absolute atomic E-state index is 12.6. The Labute approximate surface area is 156 Å². The van der Waals surface area contributed by atoms with Gasteiger partial charge in [-0.1, -0.05) is 34.8 Å². The minimum Gasteiger partial charge on any atom is -0.358 e. The molecule has 2 N–H and O–H groups in total. The average molecular weight is 415 g/mol. The Kier molecular flexibility index (Phi) is 6.75. The summed E-state index contributed by atoms with van der Waals surface area (Å²) in [5.74, 6) is -0.0613. The van der Waals surface area contributed by atoms with Crippen LogP contribution in [0, 0.1) is 0 Å². The first-order valence-corrected chi connectivity index (χ1v) is 9.94. The summed E-state index contributed by atoms with van der Waals surface area (Å²) in [6.45, 7) is 1.57. The van der Waals surface area contributed by atoms with Crippen LogP contribution in [0.4, 0.5) is 0 Å². The van der Waals surface area contributed by atoms with Crippen LogP contribution in [0.5, 0.6) is 0 Å². The zero-order chi connectivity index (χ0) is 17.9. The summed E-state index contributed by atoms with van der Waals surface area (Å²) in [7, 11) is -2.27. The van der Waals surface area contributed by atoms with Gasteiger partial charge in [-0.15, -0.1) is 0 Å². The van der Waals surface area contributed by atoms with E-state index in [9.17, 15) is 13.2 Å². The maximum atomic E-state index is 12.6. The Hall–Kier alpha value is -0.570. The second kappa shape index (κ2) is 8.21. The van der Waals surface area contributed by atoms with E-state index in [0.717, 1.165) is 0 Å². The molecule has 1 fully saturated rings. The van der Waals surface area contributed by atoms with Crippen LogP contribution in [0.1, 0.15) is 12.8 Å². The van der Waals surface area contributed by atoms with E-state index in [1.165, 1.54) is 12.1 Å². The first kappa shape index (κ1) is 19.8. The molecule has 10 heteroatoms. The van der Waals surface area contributed by atoms with Crippen molar-refractivity contribution in [3.8, 4) is 0 Å². The molecule has 1 aromatic carbocycles. The number of likely N-dealkylation sites (N-methyl/N-ethyl adjacent to an activating group) is 1. The van der Waals surface area contributed by atoms with Crippen LogP contribution in [0.25, 0.3) is 0 Å². The highest BCUT2D eigenvalue weighted by atomic mass is 35.5. The molecule has 1 aliphatic rings. The fraction of sp³-hybridized carbons (Fsp3) is 0.500. The summed E-state index contributed by atoms with van der Waals surface area (Å²) < 4.78 is 27.7. The molecule has 1 heterocycles. The quantitative estimate of drug-likeness (QED) is 0.774. The molecule has 1 aromatic rings. The molecule has 1 aliphatic heterocycles. The average Bonchev–Trinajstić information content (AvgIpc) is 2.47. The number of carbonyl (C=O) groups is 1. The van der Waals surface area contributed by atoms with Gasteiger partial charge in [-0.25, -0.2) is 13.1 Å². The fourth-order valence-corrected chi connectivity index (χ4v) is 5.41. The van der Waals surface area contributed by atoms with E-state index in [0.29, 0.717) is 32.5 Å². The summed E-state index contributed by atoms with van der Waals surface area (Å²) in [6.07, 6.45) is 1.19. The first-order chi connectivity index (χ1) is 11.2. The molecule has 0 saturated carbocycles. The van der Waals surface area contributed by atoms with Crippen molar-refractivity contribution < 1.29 is 13.2 Å². The molecular formula is C14H18Cl3N3O3S. The molecule has 6 nitrogen and oxygen atoms in total. The predicted octanol–water partition coefficient (Wildman–Crippen LogP) is 2.14. The monoisotopic (exact) mass is 413 g/mol. The zero-order valence-electron chi connectivity index (χ0n) is 13.0. The molecule has 24 heavy (non-hydrogen) atoms. The second-order valence-corrected chi connectivity index (χ2v) is 8.45. The maximum Gasteiger partial charge on any atom is 0.243 e. The van der Waals surface area contributed by atoms with E-state index in [1.54, 1.807) is 7.05 Å². The van der Waals surface area contributed by atoms with Crippen molar-refractivity contribution in [3.63, 3.8) is 0 Å². The third-order valence-electron chi connectivity index (χ3n) is 3.79. The normalized spacial score (nSPS) is 17.0. The Balaban J connectivity index is 2.03. The van der Waals surface area contributed by atoms with Crippen molar-refractivity contribution in [2.24, 2.45) is 0 Å². The van der Waals surface area contributed by atoms with E-state index >= 15 is 0 Å². The molecule has 0 atom stereocenters. The molecule has 2 rings (SSSR count). The lowest BCUT2D eigenvalue weighted by atomic mass is 10.1. The summed E-state index contributed by atoms with van der Waals surface area (Å²) >= 11 is 17.8. The SMILES string of the molecule is CNC(=O)CN1CCC(NS(=O)(=O)c2c(Cl)cc(Cl)cc2Cl)CC1. The van der Waals surface area contributed by atoms with E-state index in [2.05, 4.69) is 10.0 Å². The van der Waals surface area contributed by atoms with Gasteiger partial charge >= 0.3 is 0 Å². The highest BCUT2D eigenvalue weighted by Crippen LogP contribution is 2.33. The van der Waals surface area contributed by atoms with E-state index in [1.807, 2.05) is 4.90 Å². The Morgan fingerprint density at radius 2 is 1.75 bits per heavy atom. The number of hydrogen-bond acceptors (Lipinski definition) is 4. The minimum atomic E-state index is -3.85.